The molecule has 2 N–H and O–H groups in total. The minimum absolute atomic E-state index is 0.230. The van der Waals surface area contributed by atoms with E-state index in [1.807, 2.05) is 31.2 Å². The third kappa shape index (κ3) is 3.09. The first-order valence-electron chi connectivity index (χ1n) is 7.54. The highest BCUT2D eigenvalue weighted by atomic mass is 19.1. The normalized spacial score (nSPS) is 10.8. The van der Waals surface area contributed by atoms with E-state index in [-0.39, 0.29) is 17.0 Å². The van der Waals surface area contributed by atoms with Crippen LogP contribution < -0.4 is 10.6 Å². The van der Waals surface area contributed by atoms with Crippen molar-refractivity contribution in [3.63, 3.8) is 0 Å². The summed E-state index contributed by atoms with van der Waals surface area (Å²) in [4.78, 5) is 8.67. The Morgan fingerprint density at radius 3 is 2.16 bits per heavy atom. The first-order valence-corrected chi connectivity index (χ1v) is 7.54. The van der Waals surface area contributed by atoms with Gasteiger partial charge in [0.15, 0.2) is 11.6 Å². The topological polar surface area (TPSA) is 88.8 Å². The molecule has 0 radical (unpaired) electrons. The number of para-hydroxylation sites is 1. The Hall–Kier alpha value is -3.55. The fourth-order valence-electron chi connectivity index (χ4n) is 2.28. The Bertz CT molecular complexity index is 1030. The lowest BCUT2D eigenvalue weighted by atomic mass is 10.2. The predicted molar refractivity (Wildman–Crippen MR) is 91.5 cm³/mol. The number of aryl methyl sites for hydroxylation is 1. The number of nitrogens with one attached hydrogen (secondary N) is 2. The third-order valence-electron chi connectivity index (χ3n) is 3.56. The molecule has 25 heavy (non-hydrogen) atoms. The van der Waals surface area contributed by atoms with E-state index in [0.717, 1.165) is 11.3 Å². The standard InChI is InChI=1S/C17H13FN6O/c1-10-6-8-11(9-7-10)19-14-15(20-13-5-3-2-4-12(13)18)22-17-16(21-14)23-25-24-17/h2-9H,1H3,(H,19,21,23)(H,20,22,24). The van der Waals surface area contributed by atoms with E-state index in [0.29, 0.717) is 11.6 Å². The van der Waals surface area contributed by atoms with Crippen molar-refractivity contribution < 1.29 is 9.02 Å². The maximum Gasteiger partial charge on any atom is 0.245 e. The van der Waals surface area contributed by atoms with Crippen LogP contribution in [0.1, 0.15) is 5.56 Å². The van der Waals surface area contributed by atoms with Crippen molar-refractivity contribution in [3.05, 3.63) is 59.9 Å². The van der Waals surface area contributed by atoms with Gasteiger partial charge in [0.2, 0.25) is 11.3 Å². The summed E-state index contributed by atoms with van der Waals surface area (Å²) in [6, 6.07) is 14.1. The zero-order valence-corrected chi connectivity index (χ0v) is 13.2. The fourth-order valence-corrected chi connectivity index (χ4v) is 2.28. The van der Waals surface area contributed by atoms with Gasteiger partial charge in [-0.2, -0.15) is 0 Å². The second-order valence-electron chi connectivity index (χ2n) is 5.43. The molecule has 0 amide bonds. The summed E-state index contributed by atoms with van der Waals surface area (Å²) in [5.41, 5.74) is 2.71. The number of anilines is 4. The Kier molecular flexibility index (Phi) is 3.70. The number of aromatic nitrogens is 4. The second-order valence-corrected chi connectivity index (χ2v) is 5.43. The number of benzene rings is 2. The molecule has 0 saturated carbocycles. The molecule has 0 spiro atoms. The zero-order valence-electron chi connectivity index (χ0n) is 13.2. The molecule has 0 aliphatic carbocycles. The van der Waals surface area contributed by atoms with Crippen LogP contribution in [0.2, 0.25) is 0 Å². The molecule has 0 atom stereocenters. The van der Waals surface area contributed by atoms with Crippen molar-refractivity contribution in [2.45, 2.75) is 6.92 Å². The van der Waals surface area contributed by atoms with Gasteiger partial charge in [-0.05, 0) is 41.5 Å². The molecule has 0 saturated heterocycles. The summed E-state index contributed by atoms with van der Waals surface area (Å²) >= 11 is 0. The minimum Gasteiger partial charge on any atom is -0.337 e. The highest BCUT2D eigenvalue weighted by molar-refractivity contribution is 5.79. The van der Waals surface area contributed by atoms with Crippen LogP contribution >= 0.6 is 0 Å². The average Bonchev–Trinajstić information content (AvgIpc) is 3.06. The second kappa shape index (κ2) is 6.16. The maximum atomic E-state index is 14.0. The molecule has 0 unspecified atom stereocenters. The van der Waals surface area contributed by atoms with Crippen LogP contribution in [0, 0.1) is 12.7 Å². The molecular weight excluding hydrogens is 323 g/mol. The maximum absolute atomic E-state index is 14.0. The van der Waals surface area contributed by atoms with Gasteiger partial charge in [0.1, 0.15) is 5.82 Å². The van der Waals surface area contributed by atoms with E-state index in [1.54, 1.807) is 18.2 Å². The van der Waals surface area contributed by atoms with Crippen molar-refractivity contribution in [1.82, 2.24) is 20.3 Å². The zero-order chi connectivity index (χ0) is 17.2. The number of hydrogen-bond acceptors (Lipinski definition) is 7. The summed E-state index contributed by atoms with van der Waals surface area (Å²) in [7, 11) is 0. The Morgan fingerprint density at radius 2 is 1.48 bits per heavy atom. The van der Waals surface area contributed by atoms with Crippen LogP contribution in [0.15, 0.2) is 53.2 Å². The molecule has 8 heteroatoms. The monoisotopic (exact) mass is 336 g/mol. The molecule has 7 nitrogen and oxygen atoms in total. The lowest BCUT2D eigenvalue weighted by Crippen LogP contribution is -2.04. The number of rotatable bonds is 4. The number of fused-ring (bicyclic) bond motifs is 1. The van der Waals surface area contributed by atoms with Gasteiger partial charge in [0, 0.05) is 5.69 Å². The van der Waals surface area contributed by atoms with Crippen molar-refractivity contribution in [1.29, 1.82) is 0 Å². The molecule has 2 heterocycles. The number of hydrogen-bond donors (Lipinski definition) is 2. The van der Waals surface area contributed by atoms with Gasteiger partial charge in [0.25, 0.3) is 0 Å². The smallest absolute Gasteiger partial charge is 0.245 e. The number of halogens is 1. The van der Waals surface area contributed by atoms with Gasteiger partial charge in [-0.15, -0.1) is 0 Å². The quantitative estimate of drug-likeness (QED) is 0.583. The van der Waals surface area contributed by atoms with Crippen LogP contribution in [0.25, 0.3) is 11.3 Å². The highest BCUT2D eigenvalue weighted by Gasteiger charge is 2.14. The third-order valence-corrected chi connectivity index (χ3v) is 3.56. The van der Waals surface area contributed by atoms with Gasteiger partial charge in [0.05, 0.1) is 5.69 Å². The van der Waals surface area contributed by atoms with Gasteiger partial charge in [-0.25, -0.2) is 19.0 Å². The van der Waals surface area contributed by atoms with Gasteiger partial charge >= 0.3 is 0 Å². The number of nitrogens with zero attached hydrogens (tertiary/aromatic N) is 4. The molecule has 4 aromatic rings. The first-order chi connectivity index (χ1) is 12.2. The highest BCUT2D eigenvalue weighted by Crippen LogP contribution is 2.27. The Balaban J connectivity index is 1.75. The molecular formula is C17H13FN6O. The Morgan fingerprint density at radius 1 is 0.840 bits per heavy atom. The molecule has 124 valence electrons. The first kappa shape index (κ1) is 15.0. The van der Waals surface area contributed by atoms with Gasteiger partial charge in [-0.3, -0.25) is 0 Å². The van der Waals surface area contributed by atoms with Crippen molar-refractivity contribution in [3.8, 4) is 0 Å². The molecule has 0 aliphatic rings. The molecule has 0 fully saturated rings. The van der Waals surface area contributed by atoms with E-state index >= 15 is 0 Å². The fraction of sp³-hybridized carbons (Fsp3) is 0.0588. The van der Waals surface area contributed by atoms with Crippen LogP contribution in [-0.2, 0) is 0 Å². The van der Waals surface area contributed by atoms with Crippen LogP contribution in [-0.4, -0.2) is 20.3 Å². The molecule has 0 aliphatic heterocycles. The minimum atomic E-state index is -0.399. The van der Waals surface area contributed by atoms with Crippen molar-refractivity contribution >= 4 is 34.3 Å². The van der Waals surface area contributed by atoms with E-state index in [2.05, 4.69) is 35.5 Å². The van der Waals surface area contributed by atoms with E-state index < -0.39 is 5.82 Å². The van der Waals surface area contributed by atoms with Crippen LogP contribution in [0.3, 0.4) is 0 Å². The van der Waals surface area contributed by atoms with E-state index in [4.69, 9.17) is 0 Å². The lowest BCUT2D eigenvalue weighted by molar-refractivity contribution is 0.314. The van der Waals surface area contributed by atoms with Crippen LogP contribution in [0.4, 0.5) is 27.4 Å². The molecule has 0 bridgehead atoms. The SMILES string of the molecule is Cc1ccc(Nc2nc3nonc3nc2Nc2ccccc2F)cc1. The lowest BCUT2D eigenvalue weighted by Gasteiger charge is -2.12. The summed E-state index contributed by atoms with van der Waals surface area (Å²) < 4.78 is 18.6. The summed E-state index contributed by atoms with van der Waals surface area (Å²) in [5.74, 6) is 0.299. The summed E-state index contributed by atoms with van der Waals surface area (Å²) in [6.07, 6.45) is 0. The van der Waals surface area contributed by atoms with Crippen molar-refractivity contribution in [2.24, 2.45) is 0 Å². The van der Waals surface area contributed by atoms with Crippen LogP contribution in [0.5, 0.6) is 0 Å². The van der Waals surface area contributed by atoms with E-state index in [9.17, 15) is 4.39 Å². The Labute approximate surface area is 141 Å². The van der Waals surface area contributed by atoms with Gasteiger partial charge in [-0.1, -0.05) is 29.8 Å². The molecule has 2 aromatic carbocycles. The summed E-state index contributed by atoms with van der Waals surface area (Å²) in [5, 5.41) is 13.5. The predicted octanol–water partition coefficient (Wildman–Crippen LogP) is 3.95. The average molecular weight is 336 g/mol. The molecule has 4 rings (SSSR count). The largest absolute Gasteiger partial charge is 0.337 e. The molecule has 2 aromatic heterocycles. The summed E-state index contributed by atoms with van der Waals surface area (Å²) in [6.45, 7) is 2.00. The van der Waals surface area contributed by atoms with E-state index in [1.165, 1.54) is 6.07 Å². The van der Waals surface area contributed by atoms with Crippen molar-refractivity contribution in [2.75, 3.05) is 10.6 Å². The van der Waals surface area contributed by atoms with Gasteiger partial charge < -0.3 is 10.6 Å².